The molecule has 1 saturated heterocycles. The molecule has 0 amide bonds. The number of benzene rings is 2. The molecule has 0 aromatic heterocycles. The Kier molecular flexibility index (Phi) is 3.48. The van der Waals surface area contributed by atoms with Crippen molar-refractivity contribution in [2.45, 2.75) is 31.3 Å². The van der Waals surface area contributed by atoms with E-state index in [4.69, 9.17) is 4.74 Å². The van der Waals surface area contributed by atoms with Gasteiger partial charge in [0.25, 0.3) is 0 Å². The Morgan fingerprint density at radius 2 is 1.70 bits per heavy atom. The highest BCUT2D eigenvalue weighted by molar-refractivity contribution is 5.88. The van der Waals surface area contributed by atoms with Gasteiger partial charge in [-0.05, 0) is 28.8 Å². The van der Waals surface area contributed by atoms with Crippen LogP contribution in [0.4, 0.5) is 0 Å². The zero-order valence-corrected chi connectivity index (χ0v) is 11.2. The van der Waals surface area contributed by atoms with Crippen LogP contribution in [0.1, 0.15) is 17.2 Å². The normalized spacial score (nSPS) is 30.0. The maximum Gasteiger partial charge on any atom is 0.113 e. The largest absolute Gasteiger partial charge is 0.394 e. The van der Waals surface area contributed by atoms with Crippen LogP contribution in [-0.4, -0.2) is 40.2 Å². The zero-order valence-electron chi connectivity index (χ0n) is 11.2. The molecule has 4 heteroatoms. The summed E-state index contributed by atoms with van der Waals surface area (Å²) in [6.45, 7) is 1.72. The van der Waals surface area contributed by atoms with Gasteiger partial charge in [0.1, 0.15) is 24.4 Å². The lowest BCUT2D eigenvalue weighted by Crippen LogP contribution is -2.32. The second-order valence-corrected chi connectivity index (χ2v) is 5.28. The zero-order chi connectivity index (χ0) is 14.3. The Hall–Kier alpha value is -1.46. The smallest absolute Gasteiger partial charge is 0.113 e. The molecule has 1 aliphatic heterocycles. The maximum absolute atomic E-state index is 10.2. The van der Waals surface area contributed by atoms with Gasteiger partial charge in [0, 0.05) is 0 Å². The average Bonchev–Trinajstić information content (AvgIpc) is 2.76. The lowest BCUT2D eigenvalue weighted by molar-refractivity contribution is -0.0223. The number of hydrogen-bond donors (Lipinski definition) is 3. The van der Waals surface area contributed by atoms with Crippen LogP contribution in [0.3, 0.4) is 0 Å². The van der Waals surface area contributed by atoms with Gasteiger partial charge in [-0.3, -0.25) is 0 Å². The predicted octanol–water partition coefficient (Wildman–Crippen LogP) is 1.30. The maximum atomic E-state index is 10.2. The predicted molar refractivity (Wildman–Crippen MR) is 75.4 cm³/mol. The van der Waals surface area contributed by atoms with Crippen molar-refractivity contribution in [2.24, 2.45) is 0 Å². The number of aryl methyl sites for hydroxylation is 1. The molecule has 4 nitrogen and oxygen atoms in total. The molecular formula is C16H18O4. The van der Waals surface area contributed by atoms with Crippen LogP contribution in [0.15, 0.2) is 36.4 Å². The van der Waals surface area contributed by atoms with Crippen molar-refractivity contribution in [3.8, 4) is 0 Å². The molecule has 3 rings (SSSR count). The van der Waals surface area contributed by atoms with Gasteiger partial charge < -0.3 is 20.1 Å². The first-order chi connectivity index (χ1) is 9.63. The van der Waals surface area contributed by atoms with Gasteiger partial charge in [-0.1, -0.05) is 36.4 Å². The van der Waals surface area contributed by atoms with Crippen molar-refractivity contribution in [3.63, 3.8) is 0 Å². The standard InChI is InChI=1S/C16H18O4/c1-9-6-7-12(11-5-3-2-4-10(9)11)16-15(19)14(18)13(8-17)20-16/h2-7,13-19H,8H2,1H3/t13-,14-,15-,16+/m1/s1. The molecule has 0 aliphatic carbocycles. The van der Waals surface area contributed by atoms with E-state index in [9.17, 15) is 15.3 Å². The van der Waals surface area contributed by atoms with Gasteiger partial charge in [0.05, 0.1) is 6.61 Å². The molecule has 1 heterocycles. The van der Waals surface area contributed by atoms with E-state index in [-0.39, 0.29) is 6.61 Å². The average molecular weight is 274 g/mol. The number of fused-ring (bicyclic) bond motifs is 1. The van der Waals surface area contributed by atoms with Crippen LogP contribution in [0.5, 0.6) is 0 Å². The van der Waals surface area contributed by atoms with Crippen molar-refractivity contribution in [2.75, 3.05) is 6.61 Å². The molecule has 0 radical (unpaired) electrons. The van der Waals surface area contributed by atoms with E-state index >= 15 is 0 Å². The van der Waals surface area contributed by atoms with E-state index in [2.05, 4.69) is 0 Å². The van der Waals surface area contributed by atoms with Crippen LogP contribution >= 0.6 is 0 Å². The van der Waals surface area contributed by atoms with Gasteiger partial charge in [0.15, 0.2) is 0 Å². The highest BCUT2D eigenvalue weighted by Gasteiger charge is 2.43. The summed E-state index contributed by atoms with van der Waals surface area (Å²) in [7, 11) is 0. The van der Waals surface area contributed by atoms with E-state index in [0.717, 1.165) is 21.9 Å². The Labute approximate surface area is 117 Å². The van der Waals surface area contributed by atoms with Crippen molar-refractivity contribution >= 4 is 10.8 Å². The molecule has 0 saturated carbocycles. The number of aliphatic hydroxyl groups is 3. The Morgan fingerprint density at radius 3 is 2.35 bits per heavy atom. The summed E-state index contributed by atoms with van der Waals surface area (Å²) < 4.78 is 5.62. The van der Waals surface area contributed by atoms with E-state index in [1.54, 1.807) is 0 Å². The van der Waals surface area contributed by atoms with Crippen LogP contribution in [0.2, 0.25) is 0 Å². The SMILES string of the molecule is Cc1ccc([C@@H]2O[C@H](CO)[C@@H](O)[C@H]2O)c2ccccc12. The van der Waals surface area contributed by atoms with Crippen molar-refractivity contribution in [3.05, 3.63) is 47.5 Å². The summed E-state index contributed by atoms with van der Waals surface area (Å²) in [5.74, 6) is 0. The fourth-order valence-corrected chi connectivity index (χ4v) is 2.88. The molecular weight excluding hydrogens is 256 g/mol. The first kappa shape index (κ1) is 13.5. The Balaban J connectivity index is 2.09. The second-order valence-electron chi connectivity index (χ2n) is 5.28. The van der Waals surface area contributed by atoms with Crippen molar-refractivity contribution in [1.29, 1.82) is 0 Å². The van der Waals surface area contributed by atoms with E-state index < -0.39 is 24.4 Å². The summed E-state index contributed by atoms with van der Waals surface area (Å²) >= 11 is 0. The minimum absolute atomic E-state index is 0.307. The molecule has 3 N–H and O–H groups in total. The minimum Gasteiger partial charge on any atom is -0.394 e. The second kappa shape index (κ2) is 5.14. The van der Waals surface area contributed by atoms with Crippen molar-refractivity contribution < 1.29 is 20.1 Å². The highest BCUT2D eigenvalue weighted by Crippen LogP contribution is 2.37. The number of rotatable bonds is 2. The Morgan fingerprint density at radius 1 is 1.00 bits per heavy atom. The van der Waals surface area contributed by atoms with Gasteiger partial charge in [-0.25, -0.2) is 0 Å². The monoisotopic (exact) mass is 274 g/mol. The van der Waals surface area contributed by atoms with E-state index in [0.29, 0.717) is 0 Å². The van der Waals surface area contributed by atoms with Crippen LogP contribution in [-0.2, 0) is 4.74 Å². The third-order valence-corrected chi connectivity index (χ3v) is 4.02. The molecule has 20 heavy (non-hydrogen) atoms. The number of ether oxygens (including phenoxy) is 1. The first-order valence-electron chi connectivity index (χ1n) is 6.74. The molecule has 106 valence electrons. The third-order valence-electron chi connectivity index (χ3n) is 4.02. The summed E-state index contributed by atoms with van der Waals surface area (Å²) in [6.07, 6.45) is -3.45. The molecule has 0 bridgehead atoms. The molecule has 2 aromatic carbocycles. The number of aliphatic hydroxyl groups excluding tert-OH is 3. The quantitative estimate of drug-likeness (QED) is 0.772. The molecule has 0 unspecified atom stereocenters. The first-order valence-corrected chi connectivity index (χ1v) is 6.74. The third kappa shape index (κ3) is 2.01. The van der Waals surface area contributed by atoms with Gasteiger partial charge >= 0.3 is 0 Å². The topological polar surface area (TPSA) is 69.9 Å². The fourth-order valence-electron chi connectivity index (χ4n) is 2.88. The lowest BCUT2D eigenvalue weighted by Gasteiger charge is -2.18. The van der Waals surface area contributed by atoms with E-state index in [1.807, 2.05) is 43.3 Å². The fraction of sp³-hybridized carbons (Fsp3) is 0.375. The number of hydrogen-bond acceptors (Lipinski definition) is 4. The van der Waals surface area contributed by atoms with Crippen LogP contribution in [0.25, 0.3) is 10.8 Å². The molecule has 4 atom stereocenters. The Bertz CT molecular complexity index is 625. The summed E-state index contributed by atoms with van der Waals surface area (Å²) in [6, 6.07) is 11.8. The lowest BCUT2D eigenvalue weighted by atomic mass is 9.94. The van der Waals surface area contributed by atoms with Gasteiger partial charge in [0.2, 0.25) is 0 Å². The molecule has 0 spiro atoms. The molecule has 1 aliphatic rings. The summed E-state index contributed by atoms with van der Waals surface area (Å²) in [5.41, 5.74) is 1.99. The van der Waals surface area contributed by atoms with Crippen LogP contribution < -0.4 is 0 Å². The molecule has 2 aromatic rings. The van der Waals surface area contributed by atoms with E-state index in [1.165, 1.54) is 0 Å². The molecule has 1 fully saturated rings. The van der Waals surface area contributed by atoms with Crippen LogP contribution in [0, 0.1) is 6.92 Å². The summed E-state index contributed by atoms with van der Waals surface area (Å²) in [4.78, 5) is 0. The minimum atomic E-state index is -1.06. The van der Waals surface area contributed by atoms with Gasteiger partial charge in [-0.15, -0.1) is 0 Å². The van der Waals surface area contributed by atoms with Crippen molar-refractivity contribution in [1.82, 2.24) is 0 Å². The summed E-state index contributed by atoms with van der Waals surface area (Å²) in [5, 5.41) is 31.3. The highest BCUT2D eigenvalue weighted by atomic mass is 16.6. The van der Waals surface area contributed by atoms with Gasteiger partial charge in [-0.2, -0.15) is 0 Å².